The predicted octanol–water partition coefficient (Wildman–Crippen LogP) is 9.73. The number of nitrogens with zero attached hydrogens (tertiary/aromatic N) is 4. The van der Waals surface area contributed by atoms with Gasteiger partial charge >= 0.3 is 59.7 Å². The van der Waals surface area contributed by atoms with Crippen molar-refractivity contribution in [1.82, 2.24) is 9.80 Å². The predicted molar refractivity (Wildman–Crippen MR) is 486 cm³/mol. The second kappa shape index (κ2) is 51.8. The summed E-state index contributed by atoms with van der Waals surface area (Å²) in [6.45, 7) is 19.0. The number of nitrogens with one attached hydrogen (secondary N) is 2. The third-order valence-electron chi connectivity index (χ3n) is 23.1. The lowest BCUT2D eigenvalue weighted by Gasteiger charge is -2.39. The Morgan fingerprint density at radius 3 is 0.970 bits per heavy atom. The van der Waals surface area contributed by atoms with Gasteiger partial charge in [-0.15, -0.1) is 0 Å². The lowest BCUT2D eigenvalue weighted by molar-refractivity contribution is -0.203. The molecule has 4 aromatic rings. The van der Waals surface area contributed by atoms with Crippen LogP contribution >= 0.6 is 0 Å². The van der Waals surface area contributed by atoms with Gasteiger partial charge in [0.2, 0.25) is 23.6 Å². The first-order chi connectivity index (χ1) is 61.9. The van der Waals surface area contributed by atoms with Crippen LogP contribution in [0.3, 0.4) is 0 Å². The van der Waals surface area contributed by atoms with E-state index in [9.17, 15) is 94.2 Å². The number of fused-ring (bicyclic) bond motifs is 2. The number of hydrogen-bond acceptors (Lipinski definition) is 32. The quantitative estimate of drug-likeness (QED) is 0.0181. The maximum absolute atomic E-state index is 14.1. The number of carbonyl (C=O) groups excluding carboxylic acids is 14. The van der Waals surface area contributed by atoms with Crippen LogP contribution in [-0.4, -0.2) is 260 Å². The van der Waals surface area contributed by atoms with Crippen LogP contribution in [0.15, 0.2) is 94.7 Å². The first kappa shape index (κ1) is 111. The zero-order valence-corrected chi connectivity index (χ0v) is 81.1. The summed E-state index contributed by atoms with van der Waals surface area (Å²) in [5, 5.41) is 30.6. The highest BCUT2D eigenvalue weighted by molar-refractivity contribution is 7.91. The summed E-state index contributed by atoms with van der Waals surface area (Å²) in [4.78, 5) is 181. The summed E-state index contributed by atoms with van der Waals surface area (Å²) in [5.74, 6) is -12.1. The van der Waals surface area contributed by atoms with Crippen molar-refractivity contribution < 1.29 is 142 Å². The van der Waals surface area contributed by atoms with Crippen molar-refractivity contribution >= 4 is 126 Å². The molecule has 36 nitrogen and oxygen atoms in total. The molecular formula is C94H134N6O30S2. The number of anilines is 4. The van der Waals surface area contributed by atoms with E-state index in [0.717, 1.165) is 106 Å². The molecule has 0 saturated carbocycles. The van der Waals surface area contributed by atoms with Crippen LogP contribution in [0.25, 0.3) is 0 Å². The average molecular weight is 1890 g/mol. The molecule has 4 aromatic carbocycles. The molecular weight excluding hydrogens is 1760 g/mol. The van der Waals surface area contributed by atoms with Crippen LogP contribution < -0.4 is 20.4 Å². The van der Waals surface area contributed by atoms with Gasteiger partial charge in [-0.3, -0.25) is 67.1 Å². The van der Waals surface area contributed by atoms with E-state index in [0.29, 0.717) is 59.3 Å². The van der Waals surface area contributed by atoms with E-state index >= 15 is 0 Å². The normalized spacial score (nSPS) is 19.3. The molecule has 0 unspecified atom stereocenters. The molecule has 6 rings (SSSR count). The second-order valence-corrected chi connectivity index (χ2v) is 37.8. The van der Waals surface area contributed by atoms with Crippen molar-refractivity contribution in [3.05, 3.63) is 107 Å². The van der Waals surface area contributed by atoms with Gasteiger partial charge in [0.15, 0.2) is 68.5 Å². The summed E-state index contributed by atoms with van der Waals surface area (Å²) in [6, 6.07) is 24.4. The molecule has 14 atom stereocenters. The summed E-state index contributed by atoms with van der Waals surface area (Å²) >= 11 is 0. The van der Waals surface area contributed by atoms with Gasteiger partial charge in [-0.05, 0) is 134 Å². The molecule has 0 aliphatic carbocycles. The van der Waals surface area contributed by atoms with Crippen molar-refractivity contribution in [2.45, 2.75) is 283 Å². The number of benzene rings is 4. The number of unbranched alkanes of at least 4 members (excludes halogenated alkanes) is 4. The van der Waals surface area contributed by atoms with E-state index in [1.54, 1.807) is 60.7 Å². The third-order valence-corrected chi connectivity index (χ3v) is 27.1. The number of ether oxygens (including phenoxy) is 10. The maximum atomic E-state index is 14.1. The summed E-state index contributed by atoms with van der Waals surface area (Å²) in [5.41, 5.74) is 2.81. The molecule has 0 saturated heterocycles. The topological polar surface area (TPSA) is 477 Å². The summed E-state index contributed by atoms with van der Waals surface area (Å²) in [7, 11) is -0.187. The van der Waals surface area contributed by atoms with Crippen LogP contribution in [0.5, 0.6) is 0 Å². The van der Waals surface area contributed by atoms with Crippen LogP contribution in [0.4, 0.5) is 22.7 Å². The number of sulfone groups is 2. The molecule has 0 spiro atoms. The van der Waals surface area contributed by atoms with E-state index in [1.807, 2.05) is 90.0 Å². The highest BCUT2D eigenvalue weighted by Crippen LogP contribution is 2.52. The fourth-order valence-corrected chi connectivity index (χ4v) is 21.2. The molecule has 0 fully saturated rings. The third kappa shape index (κ3) is 33.3. The summed E-state index contributed by atoms with van der Waals surface area (Å²) in [6.07, 6.45) is -8.65. The molecule has 2 heterocycles. The number of amides is 4. The molecule has 732 valence electrons. The van der Waals surface area contributed by atoms with Gasteiger partial charge in [-0.1, -0.05) is 77.6 Å². The molecule has 132 heavy (non-hydrogen) atoms. The van der Waals surface area contributed by atoms with Crippen LogP contribution in [0.2, 0.25) is 0 Å². The first-order valence-electron chi connectivity index (χ1n) is 44.3. The first-order valence-corrected chi connectivity index (χ1v) is 47.6. The Labute approximate surface area is 774 Å². The zero-order chi connectivity index (χ0) is 99.0. The zero-order valence-electron chi connectivity index (χ0n) is 79.5. The van der Waals surface area contributed by atoms with Crippen molar-refractivity contribution in [3.63, 3.8) is 0 Å². The smallest absolute Gasteiger partial charge is 0.303 e. The van der Waals surface area contributed by atoms with Gasteiger partial charge in [-0.25, -0.2) is 16.8 Å². The number of aliphatic hydroxyl groups is 2. The highest BCUT2D eigenvalue weighted by atomic mass is 32.2. The number of rotatable bonds is 46. The van der Waals surface area contributed by atoms with Crippen LogP contribution in [-0.2, 0) is 134 Å². The van der Waals surface area contributed by atoms with E-state index < -0.39 is 201 Å². The Kier molecular flexibility index (Phi) is 43.7. The Morgan fingerprint density at radius 1 is 0.394 bits per heavy atom. The Balaban J connectivity index is 0.000000467. The number of aliphatic hydroxyl groups excluding tert-OH is 2. The van der Waals surface area contributed by atoms with E-state index in [4.69, 9.17) is 47.4 Å². The van der Waals surface area contributed by atoms with Crippen molar-refractivity contribution in [2.75, 3.05) is 99.5 Å². The summed E-state index contributed by atoms with van der Waals surface area (Å²) < 4.78 is 110. The van der Waals surface area contributed by atoms with Crippen LogP contribution in [0.1, 0.15) is 235 Å². The molecule has 0 bridgehead atoms. The molecule has 4 N–H and O–H groups in total. The largest absolute Gasteiger partial charge is 0.462 e. The minimum atomic E-state index is -3.80. The molecule has 2 aliphatic heterocycles. The van der Waals surface area contributed by atoms with Crippen molar-refractivity contribution in [2.24, 2.45) is 10.8 Å². The van der Waals surface area contributed by atoms with E-state index in [-0.39, 0.29) is 84.7 Å². The second-order valence-electron chi connectivity index (χ2n) is 33.9. The molecule has 0 aromatic heterocycles. The maximum Gasteiger partial charge on any atom is 0.303 e. The molecule has 4 amide bonds. The average Bonchev–Trinajstić information content (AvgIpc) is 1.61. The lowest BCUT2D eigenvalue weighted by Crippen LogP contribution is -2.56. The van der Waals surface area contributed by atoms with Gasteiger partial charge in [0.25, 0.3) is 0 Å². The molecule has 2 aliphatic rings. The SMILES string of the molecule is CCCC[C@@]1(CC)CS(=O)(=O)c2ccc(N(C)C)cc2[C@H](c2cccc(NC(=O)CCCCN(C[C@H](OC(C)=O)[C@@H](OC(C)=O)[C@H](OC(C)=O)[C@@H](COC(C)=O)OC(C)=O)C(C)=O)c2)[C@@H]1O.CCCC[C@]1(CC)CS(=O)(=O)c2ccc(N(C)C)cc2[C@@H](c2cccc(NC(=O)CCCCN(C[C@H](OC(C)=O)[C@@H](OC(C)=O)[C@H](OC(C)=O)[C@@H](COC(C)=O)OC(C)=O)C(C)=O)c2)[C@H]1O. The van der Waals surface area contributed by atoms with Gasteiger partial charge in [0, 0.05) is 183 Å². The van der Waals surface area contributed by atoms with Crippen molar-refractivity contribution in [3.8, 4) is 0 Å². The highest BCUT2D eigenvalue weighted by Gasteiger charge is 2.53. The lowest BCUT2D eigenvalue weighted by atomic mass is 9.69. The van der Waals surface area contributed by atoms with Crippen molar-refractivity contribution in [1.29, 1.82) is 0 Å². The number of esters is 10. The molecule has 38 heteroatoms. The minimum Gasteiger partial charge on any atom is -0.462 e. The standard InChI is InChI=1S/2C47H67N3O15S/c2*1-11-13-22-47(12-2)28-66(59,60)41-21-20-37(49(9)10)25-38(41)43(46(47)58)35-17-16-18-36(24-35)48-42(57)19-14-15-23-50(29(3)51)26-39(62-31(5)53)44(64-33(7)55)45(65-34(8)56)40(63-32(6)54)27-61-30(4)52/h2*16-18,20-21,24-25,39-40,43-46,58H,11-15,19,22-23,26-28H2,1-10H3,(H,48,57)/t39-,40+,43+,44+,45+,46+,47+;39-,40+,43-,44+,45+,46-,47-/m00/s1. The minimum absolute atomic E-state index is 0.0173. The van der Waals surface area contributed by atoms with Gasteiger partial charge in [0.1, 0.15) is 13.2 Å². The number of carbonyl (C=O) groups is 14. The van der Waals surface area contributed by atoms with Gasteiger partial charge in [0.05, 0.1) is 46.6 Å². The molecule has 0 radical (unpaired) electrons. The fraction of sp³-hybridized carbons (Fsp3) is 0.596. The Morgan fingerprint density at radius 2 is 0.697 bits per heavy atom. The van der Waals surface area contributed by atoms with Crippen LogP contribution in [0, 0.1) is 10.8 Å². The van der Waals surface area contributed by atoms with E-state index in [2.05, 4.69) is 10.6 Å². The van der Waals surface area contributed by atoms with Gasteiger partial charge < -0.3 is 87.8 Å². The Bertz CT molecular complexity index is 4620. The number of hydrogen-bond donors (Lipinski definition) is 4. The monoisotopic (exact) mass is 1890 g/mol. The fourth-order valence-electron chi connectivity index (χ4n) is 16.7. The van der Waals surface area contributed by atoms with Gasteiger partial charge in [-0.2, -0.15) is 0 Å². The van der Waals surface area contributed by atoms with E-state index in [1.165, 1.54) is 23.6 Å². The Hall–Kier alpha value is -11.1.